The second-order valence-electron chi connectivity index (χ2n) is 5.59. The molecule has 1 fully saturated rings. The zero-order valence-electron chi connectivity index (χ0n) is 11.6. The van der Waals surface area contributed by atoms with E-state index in [1.807, 2.05) is 27.7 Å². The van der Waals surface area contributed by atoms with Crippen LogP contribution in [0.15, 0.2) is 12.3 Å². The minimum absolute atomic E-state index is 0.210. The third-order valence-electron chi connectivity index (χ3n) is 3.83. The van der Waals surface area contributed by atoms with Gasteiger partial charge in [-0.15, -0.1) is 0 Å². The lowest BCUT2D eigenvalue weighted by atomic mass is 9.80. The molecule has 0 saturated carbocycles. The van der Waals surface area contributed by atoms with Crippen molar-refractivity contribution in [1.82, 2.24) is 4.98 Å². The number of hydrogen-bond acceptors (Lipinski definition) is 5. The van der Waals surface area contributed by atoms with Crippen molar-refractivity contribution in [3.05, 3.63) is 23.4 Å². The summed E-state index contributed by atoms with van der Waals surface area (Å²) in [7, 11) is -0.689. The molecule has 0 unspecified atom stereocenters. The molecular formula is C13H17BN2O3. The molecule has 0 spiro atoms. The van der Waals surface area contributed by atoms with Gasteiger partial charge in [-0.1, -0.05) is 0 Å². The van der Waals surface area contributed by atoms with Crippen LogP contribution in [0.1, 0.15) is 38.8 Å². The van der Waals surface area contributed by atoms with E-state index in [0.29, 0.717) is 16.7 Å². The highest BCUT2D eigenvalue weighted by Gasteiger charge is 2.53. The monoisotopic (exact) mass is 260 g/mol. The first kappa shape index (κ1) is 14.0. The molecule has 1 aromatic rings. The summed E-state index contributed by atoms with van der Waals surface area (Å²) in [6.07, 6.45) is 1.55. The van der Waals surface area contributed by atoms with Gasteiger partial charge < -0.3 is 14.4 Å². The average molecular weight is 260 g/mol. The Hall–Kier alpha value is -1.42. The largest absolute Gasteiger partial charge is 0.515 e. The Labute approximate surface area is 113 Å². The van der Waals surface area contributed by atoms with Gasteiger partial charge in [0, 0.05) is 6.20 Å². The average Bonchev–Trinajstić information content (AvgIpc) is 2.57. The quantitative estimate of drug-likeness (QED) is 0.794. The number of pyridine rings is 1. The van der Waals surface area contributed by atoms with E-state index in [4.69, 9.17) is 9.31 Å². The minimum Gasteiger partial charge on any atom is -0.398 e. The summed E-state index contributed by atoms with van der Waals surface area (Å²) in [5, 5.41) is 18.5. The highest BCUT2D eigenvalue weighted by Crippen LogP contribution is 2.36. The maximum Gasteiger partial charge on any atom is 0.515 e. The van der Waals surface area contributed by atoms with Crippen molar-refractivity contribution in [2.45, 2.75) is 45.5 Å². The normalized spacial score (nSPS) is 20.3. The highest BCUT2D eigenvalue weighted by atomic mass is 16.7. The molecule has 6 heteroatoms. The van der Waals surface area contributed by atoms with E-state index in [1.165, 1.54) is 0 Å². The molecule has 1 N–H and O–H groups in total. The van der Waals surface area contributed by atoms with Crippen molar-refractivity contribution < 1.29 is 14.4 Å². The Morgan fingerprint density at radius 3 is 2.37 bits per heavy atom. The standard InChI is InChI=1S/C13H17BN2O3/c1-12(2)13(3,4)19-14(18-12)11-10(7-15)9(8-17)5-6-16-11/h5-6,17H,8H2,1-4H3. The van der Waals surface area contributed by atoms with Gasteiger partial charge in [-0.25, -0.2) is 0 Å². The first-order valence-corrected chi connectivity index (χ1v) is 6.17. The van der Waals surface area contributed by atoms with Gasteiger partial charge in [-0.2, -0.15) is 5.26 Å². The first-order valence-electron chi connectivity index (χ1n) is 6.17. The fourth-order valence-electron chi connectivity index (χ4n) is 1.91. The number of nitriles is 1. The van der Waals surface area contributed by atoms with Gasteiger partial charge in [-0.05, 0) is 39.3 Å². The topological polar surface area (TPSA) is 75.4 Å². The number of rotatable bonds is 2. The molecule has 0 aliphatic carbocycles. The Morgan fingerprint density at radius 1 is 1.32 bits per heavy atom. The minimum atomic E-state index is -0.689. The molecule has 1 aromatic heterocycles. The van der Waals surface area contributed by atoms with Gasteiger partial charge in [0.25, 0.3) is 0 Å². The van der Waals surface area contributed by atoms with E-state index in [-0.39, 0.29) is 6.61 Å². The van der Waals surface area contributed by atoms with Crippen molar-refractivity contribution >= 4 is 12.7 Å². The van der Waals surface area contributed by atoms with Crippen LogP contribution in [0.3, 0.4) is 0 Å². The summed E-state index contributed by atoms with van der Waals surface area (Å²) < 4.78 is 11.7. The van der Waals surface area contributed by atoms with E-state index < -0.39 is 18.3 Å². The highest BCUT2D eigenvalue weighted by molar-refractivity contribution is 6.61. The van der Waals surface area contributed by atoms with Crippen LogP contribution >= 0.6 is 0 Å². The molecule has 0 atom stereocenters. The molecule has 1 aliphatic heterocycles. The van der Waals surface area contributed by atoms with Crippen LogP contribution in [-0.2, 0) is 15.9 Å². The smallest absolute Gasteiger partial charge is 0.398 e. The number of aromatic nitrogens is 1. The second-order valence-corrected chi connectivity index (χ2v) is 5.59. The van der Waals surface area contributed by atoms with Crippen molar-refractivity contribution in [2.75, 3.05) is 0 Å². The summed E-state index contributed by atoms with van der Waals surface area (Å²) in [4.78, 5) is 4.19. The van der Waals surface area contributed by atoms with Crippen LogP contribution in [0.4, 0.5) is 0 Å². The van der Waals surface area contributed by atoms with Crippen LogP contribution in [0.5, 0.6) is 0 Å². The molecule has 0 bridgehead atoms. The van der Waals surface area contributed by atoms with Gasteiger partial charge in [0.05, 0.1) is 29.0 Å². The zero-order chi connectivity index (χ0) is 14.3. The summed E-state index contributed by atoms with van der Waals surface area (Å²) in [5.74, 6) is 0. The third-order valence-corrected chi connectivity index (χ3v) is 3.83. The molecule has 1 saturated heterocycles. The van der Waals surface area contributed by atoms with Crippen molar-refractivity contribution in [3.8, 4) is 6.07 Å². The Balaban J connectivity index is 2.43. The van der Waals surface area contributed by atoms with Crippen LogP contribution in [-0.4, -0.2) is 28.4 Å². The van der Waals surface area contributed by atoms with Crippen molar-refractivity contribution in [3.63, 3.8) is 0 Å². The van der Waals surface area contributed by atoms with E-state index in [9.17, 15) is 10.4 Å². The Kier molecular flexibility index (Phi) is 3.39. The first-order chi connectivity index (χ1) is 8.82. The summed E-state index contributed by atoms with van der Waals surface area (Å²) in [6, 6.07) is 3.68. The molecule has 19 heavy (non-hydrogen) atoms. The number of aliphatic hydroxyl groups is 1. The number of hydrogen-bond donors (Lipinski definition) is 1. The predicted molar refractivity (Wildman–Crippen MR) is 70.6 cm³/mol. The van der Waals surface area contributed by atoms with Crippen LogP contribution in [0.25, 0.3) is 0 Å². The number of aliphatic hydroxyl groups excluding tert-OH is 1. The van der Waals surface area contributed by atoms with Gasteiger partial charge >= 0.3 is 7.12 Å². The summed E-state index contributed by atoms with van der Waals surface area (Å²) in [6.45, 7) is 7.55. The van der Waals surface area contributed by atoms with Gasteiger partial charge in [0.15, 0.2) is 0 Å². The fourth-order valence-corrected chi connectivity index (χ4v) is 1.91. The third kappa shape index (κ3) is 2.25. The van der Waals surface area contributed by atoms with E-state index in [2.05, 4.69) is 11.1 Å². The van der Waals surface area contributed by atoms with Gasteiger partial charge in [0.1, 0.15) is 6.07 Å². The molecule has 0 radical (unpaired) electrons. The molecule has 0 amide bonds. The van der Waals surface area contributed by atoms with Crippen LogP contribution in [0.2, 0.25) is 0 Å². The lowest BCUT2D eigenvalue weighted by molar-refractivity contribution is 0.00578. The fraction of sp³-hybridized carbons (Fsp3) is 0.538. The molecule has 5 nitrogen and oxygen atoms in total. The molecule has 0 aromatic carbocycles. The van der Waals surface area contributed by atoms with E-state index >= 15 is 0 Å². The van der Waals surface area contributed by atoms with E-state index in [1.54, 1.807) is 12.3 Å². The molecule has 1 aliphatic rings. The van der Waals surface area contributed by atoms with E-state index in [0.717, 1.165) is 0 Å². The van der Waals surface area contributed by atoms with Crippen molar-refractivity contribution in [1.29, 1.82) is 5.26 Å². The second kappa shape index (κ2) is 4.60. The van der Waals surface area contributed by atoms with Crippen molar-refractivity contribution in [2.24, 2.45) is 0 Å². The maximum absolute atomic E-state index is 9.26. The van der Waals surface area contributed by atoms with Gasteiger partial charge in [-0.3, -0.25) is 4.98 Å². The summed E-state index contributed by atoms with van der Waals surface area (Å²) in [5.41, 5.74) is 0.307. The molecular weight excluding hydrogens is 243 g/mol. The maximum atomic E-state index is 9.26. The molecule has 2 rings (SSSR count). The lowest BCUT2D eigenvalue weighted by Gasteiger charge is -2.32. The predicted octanol–water partition coefficient (Wildman–Crippen LogP) is 0.745. The van der Waals surface area contributed by atoms with Crippen LogP contribution in [0, 0.1) is 11.3 Å². The Bertz CT molecular complexity index is 521. The Morgan fingerprint density at radius 2 is 1.89 bits per heavy atom. The lowest BCUT2D eigenvalue weighted by Crippen LogP contribution is -2.41. The zero-order valence-corrected chi connectivity index (χ0v) is 11.6. The molecule has 2 heterocycles. The van der Waals surface area contributed by atoms with Gasteiger partial charge in [0.2, 0.25) is 0 Å². The molecule has 100 valence electrons. The number of nitrogens with zero attached hydrogens (tertiary/aromatic N) is 2. The van der Waals surface area contributed by atoms with Crippen LogP contribution < -0.4 is 5.59 Å². The summed E-state index contributed by atoms with van der Waals surface area (Å²) >= 11 is 0. The SMILES string of the molecule is CC1(C)OB(c2nccc(CO)c2C#N)OC1(C)C.